The van der Waals surface area contributed by atoms with Gasteiger partial charge in [0.2, 0.25) is 0 Å². The minimum atomic E-state index is -1.06. The fourth-order valence-electron chi connectivity index (χ4n) is 1.55. The molecule has 0 fully saturated rings. The lowest BCUT2D eigenvalue weighted by atomic mass is 10.2. The molecule has 18 heavy (non-hydrogen) atoms. The van der Waals surface area contributed by atoms with Gasteiger partial charge in [-0.25, -0.2) is 4.79 Å². The number of aromatic nitrogens is 1. The molecule has 0 saturated heterocycles. The van der Waals surface area contributed by atoms with Gasteiger partial charge < -0.3 is 9.63 Å². The maximum Gasteiger partial charge on any atom is 0.358 e. The summed E-state index contributed by atoms with van der Waals surface area (Å²) in [5, 5.41) is 12.2. The molecular formula is C13H13NO3S. The molecule has 0 radical (unpaired) electrons. The maximum absolute atomic E-state index is 10.6. The standard InChI is InChI=1S/C13H13NO3S/c1-9-3-2-4-10(5-9)7-18-8-11-6-12(13(15)16)14-17-11/h2-6H,7-8H2,1H3,(H,15,16). The summed E-state index contributed by atoms with van der Waals surface area (Å²) in [5.41, 5.74) is 2.44. The van der Waals surface area contributed by atoms with Gasteiger partial charge in [0.25, 0.3) is 0 Å². The molecule has 1 aromatic carbocycles. The Balaban J connectivity index is 1.86. The smallest absolute Gasteiger partial charge is 0.358 e. The van der Waals surface area contributed by atoms with Crippen molar-refractivity contribution in [3.63, 3.8) is 0 Å². The van der Waals surface area contributed by atoms with E-state index in [1.165, 1.54) is 17.2 Å². The van der Waals surface area contributed by atoms with Crippen LogP contribution in [0.3, 0.4) is 0 Å². The summed E-state index contributed by atoms with van der Waals surface area (Å²) in [6.45, 7) is 2.06. The van der Waals surface area contributed by atoms with Crippen LogP contribution >= 0.6 is 11.8 Å². The summed E-state index contributed by atoms with van der Waals surface area (Å²) in [6.07, 6.45) is 0. The Morgan fingerprint density at radius 1 is 1.39 bits per heavy atom. The van der Waals surface area contributed by atoms with Crippen molar-refractivity contribution in [3.05, 3.63) is 52.9 Å². The lowest BCUT2D eigenvalue weighted by Crippen LogP contribution is -1.94. The van der Waals surface area contributed by atoms with Gasteiger partial charge in [0.15, 0.2) is 5.69 Å². The zero-order chi connectivity index (χ0) is 13.0. The number of hydrogen-bond acceptors (Lipinski definition) is 4. The van der Waals surface area contributed by atoms with Crippen LogP contribution in [-0.4, -0.2) is 16.2 Å². The first-order valence-electron chi connectivity index (χ1n) is 5.47. The number of carbonyl (C=O) groups is 1. The molecule has 2 rings (SSSR count). The van der Waals surface area contributed by atoms with Crippen molar-refractivity contribution in [2.24, 2.45) is 0 Å². The minimum Gasteiger partial charge on any atom is -0.476 e. The van der Waals surface area contributed by atoms with Crippen molar-refractivity contribution in [1.82, 2.24) is 5.16 Å². The Kier molecular flexibility index (Phi) is 4.04. The molecule has 0 unspecified atom stereocenters. The lowest BCUT2D eigenvalue weighted by molar-refractivity contribution is 0.0685. The quantitative estimate of drug-likeness (QED) is 0.898. The third-order valence-electron chi connectivity index (χ3n) is 2.37. The molecule has 1 N–H and O–H groups in total. The van der Waals surface area contributed by atoms with Gasteiger partial charge in [-0.1, -0.05) is 35.0 Å². The normalized spacial score (nSPS) is 10.5. The van der Waals surface area contributed by atoms with E-state index in [9.17, 15) is 4.79 Å². The summed E-state index contributed by atoms with van der Waals surface area (Å²) in [7, 11) is 0. The van der Waals surface area contributed by atoms with E-state index in [1.54, 1.807) is 11.8 Å². The van der Waals surface area contributed by atoms with E-state index in [4.69, 9.17) is 9.63 Å². The molecular weight excluding hydrogens is 250 g/mol. The van der Waals surface area contributed by atoms with Crippen LogP contribution in [0.4, 0.5) is 0 Å². The van der Waals surface area contributed by atoms with Gasteiger partial charge >= 0.3 is 5.97 Å². The molecule has 0 spiro atoms. The van der Waals surface area contributed by atoms with Crippen LogP contribution in [0, 0.1) is 6.92 Å². The van der Waals surface area contributed by atoms with Crippen molar-refractivity contribution in [2.75, 3.05) is 0 Å². The van der Waals surface area contributed by atoms with E-state index in [0.29, 0.717) is 11.5 Å². The number of carboxylic acid groups (broad SMARTS) is 1. The highest BCUT2D eigenvalue weighted by Gasteiger charge is 2.10. The number of carboxylic acids is 1. The summed E-state index contributed by atoms with van der Waals surface area (Å²) < 4.78 is 4.94. The Bertz CT molecular complexity index is 551. The fourth-order valence-corrected chi connectivity index (χ4v) is 2.41. The SMILES string of the molecule is Cc1cccc(CSCc2cc(C(=O)O)no2)c1. The van der Waals surface area contributed by atoms with Gasteiger partial charge in [0.1, 0.15) is 5.76 Å². The minimum absolute atomic E-state index is 0.0406. The third-order valence-corrected chi connectivity index (χ3v) is 3.40. The van der Waals surface area contributed by atoms with Gasteiger partial charge in [-0.2, -0.15) is 0 Å². The van der Waals surface area contributed by atoms with Crippen molar-refractivity contribution in [2.45, 2.75) is 18.4 Å². The van der Waals surface area contributed by atoms with E-state index in [2.05, 4.69) is 30.3 Å². The number of rotatable bonds is 5. The van der Waals surface area contributed by atoms with E-state index in [1.807, 2.05) is 6.07 Å². The summed E-state index contributed by atoms with van der Waals surface area (Å²) in [4.78, 5) is 10.6. The second kappa shape index (κ2) is 5.73. The summed E-state index contributed by atoms with van der Waals surface area (Å²) in [5.74, 6) is 1.01. The molecule has 0 aliphatic carbocycles. The van der Waals surface area contributed by atoms with Crippen LogP contribution < -0.4 is 0 Å². The van der Waals surface area contributed by atoms with Crippen LogP contribution in [0.2, 0.25) is 0 Å². The first-order chi connectivity index (χ1) is 8.65. The van der Waals surface area contributed by atoms with Crippen LogP contribution in [0.25, 0.3) is 0 Å². The average molecular weight is 263 g/mol. The highest BCUT2D eigenvalue weighted by atomic mass is 32.2. The van der Waals surface area contributed by atoms with E-state index in [-0.39, 0.29) is 5.69 Å². The fraction of sp³-hybridized carbons (Fsp3) is 0.231. The first kappa shape index (κ1) is 12.7. The highest BCUT2D eigenvalue weighted by molar-refractivity contribution is 7.97. The van der Waals surface area contributed by atoms with Gasteiger partial charge in [-0.05, 0) is 12.5 Å². The largest absolute Gasteiger partial charge is 0.476 e. The Hall–Kier alpha value is -1.75. The number of thioether (sulfide) groups is 1. The van der Waals surface area contributed by atoms with Crippen LogP contribution in [0.15, 0.2) is 34.9 Å². The van der Waals surface area contributed by atoms with Gasteiger partial charge in [0.05, 0.1) is 5.75 Å². The predicted octanol–water partition coefficient (Wildman–Crippen LogP) is 3.11. The summed E-state index contributed by atoms with van der Waals surface area (Å²) >= 11 is 1.67. The zero-order valence-electron chi connectivity index (χ0n) is 9.92. The van der Waals surface area contributed by atoms with E-state index >= 15 is 0 Å². The van der Waals surface area contributed by atoms with Gasteiger partial charge in [-0.3, -0.25) is 0 Å². The summed E-state index contributed by atoms with van der Waals surface area (Å²) in [6, 6.07) is 9.76. The molecule has 0 aliphatic rings. The van der Waals surface area contributed by atoms with E-state index < -0.39 is 5.97 Å². The second-order valence-electron chi connectivity index (χ2n) is 3.97. The van der Waals surface area contributed by atoms with Crippen LogP contribution in [0.1, 0.15) is 27.4 Å². The van der Waals surface area contributed by atoms with Crippen molar-refractivity contribution >= 4 is 17.7 Å². The monoisotopic (exact) mass is 263 g/mol. The molecule has 5 heteroatoms. The topological polar surface area (TPSA) is 63.3 Å². The van der Waals surface area contributed by atoms with Crippen molar-refractivity contribution in [3.8, 4) is 0 Å². The number of hydrogen-bond donors (Lipinski definition) is 1. The van der Waals surface area contributed by atoms with E-state index in [0.717, 1.165) is 5.75 Å². The maximum atomic E-state index is 10.6. The predicted molar refractivity (Wildman–Crippen MR) is 69.6 cm³/mol. The molecule has 94 valence electrons. The lowest BCUT2D eigenvalue weighted by Gasteiger charge is -2.00. The molecule has 0 atom stereocenters. The van der Waals surface area contributed by atoms with Gasteiger partial charge in [-0.15, -0.1) is 11.8 Å². The average Bonchev–Trinajstić information content (AvgIpc) is 2.78. The number of benzene rings is 1. The second-order valence-corrected chi connectivity index (χ2v) is 4.95. The molecule has 0 bridgehead atoms. The highest BCUT2D eigenvalue weighted by Crippen LogP contribution is 2.19. The molecule has 1 aromatic heterocycles. The zero-order valence-corrected chi connectivity index (χ0v) is 10.7. The Labute approximate surface area is 109 Å². The molecule has 0 saturated carbocycles. The number of aromatic carboxylic acids is 1. The molecule has 4 nitrogen and oxygen atoms in total. The van der Waals surface area contributed by atoms with Crippen LogP contribution in [-0.2, 0) is 11.5 Å². The van der Waals surface area contributed by atoms with Crippen molar-refractivity contribution < 1.29 is 14.4 Å². The van der Waals surface area contributed by atoms with Crippen LogP contribution in [0.5, 0.6) is 0 Å². The number of nitrogens with zero attached hydrogens (tertiary/aromatic N) is 1. The first-order valence-corrected chi connectivity index (χ1v) is 6.63. The molecule has 0 aliphatic heterocycles. The molecule has 2 aromatic rings. The Morgan fingerprint density at radius 2 is 2.22 bits per heavy atom. The Morgan fingerprint density at radius 3 is 2.89 bits per heavy atom. The third kappa shape index (κ3) is 3.37. The molecule has 1 heterocycles. The van der Waals surface area contributed by atoms with Gasteiger partial charge in [0, 0.05) is 11.8 Å². The molecule has 0 amide bonds. The number of aryl methyl sites for hydroxylation is 1. The van der Waals surface area contributed by atoms with Crippen molar-refractivity contribution in [1.29, 1.82) is 0 Å².